The minimum absolute atomic E-state index is 0.0209. The molecule has 1 unspecified atom stereocenters. The Bertz CT molecular complexity index is 1100. The van der Waals surface area contributed by atoms with Gasteiger partial charge in [0.2, 0.25) is 6.29 Å². The van der Waals surface area contributed by atoms with Gasteiger partial charge in [0.15, 0.2) is 5.60 Å². The van der Waals surface area contributed by atoms with Gasteiger partial charge < -0.3 is 49.9 Å². The van der Waals surface area contributed by atoms with Crippen LogP contribution in [0.4, 0.5) is 0 Å². The first kappa shape index (κ1) is 24.6. The largest absolute Gasteiger partial charge is 0.481 e. The van der Waals surface area contributed by atoms with Crippen LogP contribution in [0.5, 0.6) is 5.75 Å². The number of carboxylic acids is 1. The highest BCUT2D eigenvalue weighted by molar-refractivity contribution is 5.95. The molecule has 1 aromatic heterocycles. The molecule has 13 heteroatoms. The number of benzene rings is 1. The second-order valence-electron chi connectivity index (χ2n) is 7.42. The smallest absolute Gasteiger partial charge is 0.336 e. The Morgan fingerprint density at radius 3 is 2.42 bits per heavy atom. The maximum atomic E-state index is 12.2. The Morgan fingerprint density at radius 1 is 1.15 bits per heavy atom. The maximum absolute atomic E-state index is 12.2. The summed E-state index contributed by atoms with van der Waals surface area (Å²) in [6.45, 7) is -0.656. The predicted molar refractivity (Wildman–Crippen MR) is 107 cm³/mol. The zero-order chi connectivity index (χ0) is 24.5. The molecule has 1 aromatic carbocycles. The van der Waals surface area contributed by atoms with Crippen molar-refractivity contribution in [1.29, 1.82) is 0 Å². The average Bonchev–Trinajstić information content (AvgIpc) is 2.76. The summed E-state index contributed by atoms with van der Waals surface area (Å²) in [7, 11) is 1.07. The summed E-state index contributed by atoms with van der Waals surface area (Å²) < 4.78 is 21.1. The van der Waals surface area contributed by atoms with Gasteiger partial charge in [0.25, 0.3) is 5.91 Å². The fourth-order valence-electron chi connectivity index (χ4n) is 3.66. The molecule has 1 aliphatic rings. The highest BCUT2D eigenvalue weighted by atomic mass is 16.7. The van der Waals surface area contributed by atoms with E-state index in [0.29, 0.717) is 0 Å². The van der Waals surface area contributed by atoms with Crippen molar-refractivity contribution in [1.82, 2.24) is 0 Å². The summed E-state index contributed by atoms with van der Waals surface area (Å²) in [4.78, 5) is 35.7. The number of carbonyl (C=O) groups is 2. The molecule has 6 atom stereocenters. The molecule has 0 saturated carbocycles. The fraction of sp³-hybridized carbons (Fsp3) is 0.450. The molecule has 0 spiro atoms. The molecule has 1 saturated heterocycles. The van der Waals surface area contributed by atoms with E-state index in [4.69, 9.17) is 24.4 Å². The van der Waals surface area contributed by atoms with Crippen LogP contribution >= 0.6 is 0 Å². The van der Waals surface area contributed by atoms with E-state index in [1.54, 1.807) is 0 Å². The summed E-state index contributed by atoms with van der Waals surface area (Å²) in [5, 5.41) is 48.6. The first-order chi connectivity index (χ1) is 15.5. The third kappa shape index (κ3) is 4.55. The number of primary amides is 1. The van der Waals surface area contributed by atoms with Crippen molar-refractivity contribution >= 4 is 22.8 Å². The maximum Gasteiger partial charge on any atom is 0.336 e. The second-order valence-corrected chi connectivity index (χ2v) is 7.42. The second kappa shape index (κ2) is 9.43. The van der Waals surface area contributed by atoms with E-state index in [2.05, 4.69) is 0 Å². The van der Waals surface area contributed by atoms with Crippen molar-refractivity contribution in [3.05, 3.63) is 40.2 Å². The first-order valence-electron chi connectivity index (χ1n) is 9.66. The number of hydrogen-bond acceptors (Lipinski definition) is 11. The van der Waals surface area contributed by atoms with Crippen LogP contribution < -0.4 is 16.1 Å². The third-order valence-corrected chi connectivity index (χ3v) is 5.40. The van der Waals surface area contributed by atoms with Crippen LogP contribution in [0.1, 0.15) is 12.0 Å². The highest BCUT2D eigenvalue weighted by Crippen LogP contribution is 2.35. The van der Waals surface area contributed by atoms with Crippen LogP contribution in [0.3, 0.4) is 0 Å². The summed E-state index contributed by atoms with van der Waals surface area (Å²) in [5.41, 5.74) is 2.06. The number of methoxy groups -OCH3 is 1. The third-order valence-electron chi connectivity index (χ3n) is 5.40. The molecule has 2 heterocycles. The van der Waals surface area contributed by atoms with E-state index in [-0.39, 0.29) is 22.3 Å². The van der Waals surface area contributed by atoms with Crippen LogP contribution in [0.15, 0.2) is 33.5 Å². The van der Waals surface area contributed by atoms with Gasteiger partial charge in [-0.25, -0.2) is 4.79 Å². The van der Waals surface area contributed by atoms with Crippen LogP contribution in [-0.4, -0.2) is 81.8 Å². The standard InChI is InChI=1S/C20H23NO12/c1-30-20(19(21)29,6-13(23)24)10-5-14(25)32-11-4-8(2-3-9(10)11)31-18-17(28)16(27)15(26)12(7-22)33-18/h2-5,12,15-18,22,26-28H,6-7H2,1H3,(H2,21,29)(H,23,24)/t12-,15+,16+,17-,18-,20?/m1/s1. The molecule has 0 aliphatic carbocycles. The molecule has 1 fully saturated rings. The minimum Gasteiger partial charge on any atom is -0.481 e. The molecule has 0 bridgehead atoms. The molecule has 33 heavy (non-hydrogen) atoms. The number of carboxylic acid groups (broad SMARTS) is 1. The summed E-state index contributed by atoms with van der Waals surface area (Å²) in [6.07, 6.45) is -8.48. The molecule has 2 aromatic rings. The molecule has 1 aliphatic heterocycles. The van der Waals surface area contributed by atoms with E-state index in [1.165, 1.54) is 18.2 Å². The van der Waals surface area contributed by atoms with E-state index in [1.807, 2.05) is 0 Å². The predicted octanol–water partition coefficient (Wildman–Crippen LogP) is -2.23. The van der Waals surface area contributed by atoms with Gasteiger partial charge in [0.05, 0.1) is 13.0 Å². The van der Waals surface area contributed by atoms with Gasteiger partial charge in [-0.2, -0.15) is 0 Å². The lowest BCUT2D eigenvalue weighted by Gasteiger charge is -2.39. The lowest BCUT2D eigenvalue weighted by molar-refractivity contribution is -0.277. The number of rotatable bonds is 8. The average molecular weight is 469 g/mol. The van der Waals surface area contributed by atoms with Crippen LogP contribution in [-0.2, 0) is 24.7 Å². The Labute approximate surface area is 185 Å². The number of hydrogen-bond donors (Lipinski definition) is 6. The number of amides is 1. The highest BCUT2D eigenvalue weighted by Gasteiger charge is 2.45. The SMILES string of the molecule is COC(CC(=O)O)(C(N)=O)c1cc(=O)oc2cc(O[C@@H]3O[C@H](CO)[C@H](O)[C@H](O)[C@H]3O)ccc12. The Balaban J connectivity index is 2.04. The van der Waals surface area contributed by atoms with Crippen molar-refractivity contribution in [3.8, 4) is 5.75 Å². The van der Waals surface area contributed by atoms with Gasteiger partial charge >= 0.3 is 11.6 Å². The number of ether oxygens (including phenoxy) is 3. The molecular weight excluding hydrogens is 446 g/mol. The lowest BCUT2D eigenvalue weighted by Crippen LogP contribution is -2.60. The topological polar surface area (TPSA) is 219 Å². The van der Waals surface area contributed by atoms with Gasteiger partial charge in [-0.1, -0.05) is 0 Å². The molecule has 180 valence electrons. The normalized spacial score (nSPS) is 27.1. The fourth-order valence-corrected chi connectivity index (χ4v) is 3.66. The number of aliphatic hydroxyl groups is 4. The molecule has 13 nitrogen and oxygen atoms in total. The number of aliphatic carboxylic acids is 1. The number of aliphatic hydroxyl groups excluding tert-OH is 4. The van der Waals surface area contributed by atoms with Crippen LogP contribution in [0.25, 0.3) is 11.0 Å². The van der Waals surface area contributed by atoms with Crippen molar-refractivity contribution in [2.24, 2.45) is 5.73 Å². The molecule has 7 N–H and O–H groups in total. The molecule has 0 radical (unpaired) electrons. The van der Waals surface area contributed by atoms with Crippen molar-refractivity contribution in [2.45, 2.75) is 42.7 Å². The van der Waals surface area contributed by atoms with E-state index in [9.17, 15) is 39.9 Å². The summed E-state index contributed by atoms with van der Waals surface area (Å²) in [6, 6.07) is 4.77. The number of fused-ring (bicyclic) bond motifs is 1. The minimum atomic E-state index is -2.17. The molecular formula is C20H23NO12. The van der Waals surface area contributed by atoms with Gasteiger partial charge in [0, 0.05) is 30.2 Å². The Hall–Kier alpha value is -3.07. The van der Waals surface area contributed by atoms with Gasteiger partial charge in [-0.05, 0) is 12.1 Å². The number of nitrogens with two attached hydrogens (primary N) is 1. The van der Waals surface area contributed by atoms with Gasteiger partial charge in [-0.3, -0.25) is 9.59 Å². The van der Waals surface area contributed by atoms with Crippen LogP contribution in [0, 0.1) is 0 Å². The summed E-state index contributed by atoms with van der Waals surface area (Å²) in [5.74, 6) is -2.56. The first-order valence-corrected chi connectivity index (χ1v) is 9.66. The van der Waals surface area contributed by atoms with Gasteiger partial charge in [-0.15, -0.1) is 0 Å². The van der Waals surface area contributed by atoms with E-state index < -0.39 is 66.8 Å². The Kier molecular flexibility index (Phi) is 7.02. The zero-order valence-corrected chi connectivity index (χ0v) is 17.3. The van der Waals surface area contributed by atoms with Gasteiger partial charge in [0.1, 0.15) is 35.7 Å². The monoisotopic (exact) mass is 469 g/mol. The Morgan fingerprint density at radius 2 is 1.85 bits per heavy atom. The molecule has 1 amide bonds. The van der Waals surface area contributed by atoms with Crippen LogP contribution in [0.2, 0.25) is 0 Å². The van der Waals surface area contributed by atoms with E-state index in [0.717, 1.165) is 13.2 Å². The summed E-state index contributed by atoms with van der Waals surface area (Å²) >= 11 is 0. The molecule has 3 rings (SSSR count). The quantitative estimate of drug-likeness (QED) is 0.226. The zero-order valence-electron chi connectivity index (χ0n) is 17.3. The van der Waals surface area contributed by atoms with Crippen molar-refractivity contribution in [3.63, 3.8) is 0 Å². The number of carbonyl (C=O) groups excluding carboxylic acids is 1. The lowest BCUT2D eigenvalue weighted by atomic mass is 9.87. The van der Waals surface area contributed by atoms with E-state index >= 15 is 0 Å². The van der Waals surface area contributed by atoms with Crippen molar-refractivity contribution in [2.75, 3.05) is 13.7 Å². The van der Waals surface area contributed by atoms with Crippen molar-refractivity contribution < 1.29 is 53.7 Å².